The Morgan fingerprint density at radius 3 is 2.53 bits per heavy atom. The molecular weight excluding hydrogens is 218 g/mol. The third kappa shape index (κ3) is 3.56. The van der Waals surface area contributed by atoms with Crippen LogP contribution in [-0.4, -0.2) is 16.9 Å². The highest BCUT2D eigenvalue weighted by atomic mass is 16.4. The van der Waals surface area contributed by atoms with Crippen LogP contribution >= 0.6 is 0 Å². The minimum absolute atomic E-state index is 0.194. The van der Waals surface area contributed by atoms with Gasteiger partial charge in [0.15, 0.2) is 0 Å². The lowest BCUT2D eigenvalue weighted by atomic mass is 9.87. The van der Waals surface area contributed by atoms with Gasteiger partial charge in [0.2, 0.25) is 11.8 Å². The first-order valence-electron chi connectivity index (χ1n) is 5.70. The maximum absolute atomic E-state index is 11.9. The number of rotatable bonds is 3. The van der Waals surface area contributed by atoms with E-state index in [9.17, 15) is 4.79 Å². The molecule has 0 aliphatic carbocycles. The molecule has 0 radical (unpaired) electrons. The van der Waals surface area contributed by atoms with Gasteiger partial charge in [-0.1, -0.05) is 20.8 Å². The first kappa shape index (κ1) is 13.7. The van der Waals surface area contributed by atoms with Gasteiger partial charge in [0.05, 0.1) is 12.2 Å². The zero-order chi connectivity index (χ0) is 13.2. The average Bonchev–Trinajstić information content (AvgIpc) is 2.62. The van der Waals surface area contributed by atoms with Gasteiger partial charge in [-0.15, -0.1) is 0 Å². The molecule has 0 spiro atoms. The van der Waals surface area contributed by atoms with E-state index in [1.54, 1.807) is 6.20 Å². The highest BCUT2D eigenvalue weighted by molar-refractivity contribution is 5.82. The average molecular weight is 239 g/mol. The number of nitrogens with one attached hydrogen (secondary N) is 1. The zero-order valence-corrected chi connectivity index (χ0v) is 11.1. The summed E-state index contributed by atoms with van der Waals surface area (Å²) in [7, 11) is 0. The van der Waals surface area contributed by atoms with Crippen LogP contribution in [0.2, 0.25) is 0 Å². The van der Waals surface area contributed by atoms with Crippen LogP contribution < -0.4 is 11.1 Å². The quantitative estimate of drug-likeness (QED) is 0.838. The van der Waals surface area contributed by atoms with Crippen LogP contribution in [0.15, 0.2) is 10.6 Å². The fraction of sp³-hybridized carbons (Fsp3) is 0.667. The molecule has 1 aromatic rings. The van der Waals surface area contributed by atoms with Gasteiger partial charge < -0.3 is 15.5 Å². The van der Waals surface area contributed by atoms with Gasteiger partial charge in [0.1, 0.15) is 11.8 Å². The lowest BCUT2D eigenvalue weighted by Crippen LogP contribution is -2.49. The molecule has 0 saturated heterocycles. The van der Waals surface area contributed by atoms with Crippen molar-refractivity contribution in [3.63, 3.8) is 0 Å². The van der Waals surface area contributed by atoms with Crippen LogP contribution in [0.3, 0.4) is 0 Å². The number of nitrogens with zero attached hydrogens (tertiary/aromatic N) is 1. The Labute approximate surface area is 102 Å². The number of carbonyl (C=O) groups excluding carboxylic acids is 1. The molecule has 5 nitrogen and oxygen atoms in total. The Bertz CT molecular complexity index is 393. The van der Waals surface area contributed by atoms with Gasteiger partial charge in [-0.3, -0.25) is 4.79 Å². The molecule has 2 atom stereocenters. The van der Waals surface area contributed by atoms with E-state index < -0.39 is 6.04 Å². The molecular formula is C12H21N3O2. The summed E-state index contributed by atoms with van der Waals surface area (Å²) in [5.74, 6) is 1.03. The van der Waals surface area contributed by atoms with E-state index in [1.165, 1.54) is 0 Å². The molecule has 1 rings (SSSR count). The molecule has 5 heteroatoms. The molecule has 17 heavy (non-hydrogen) atoms. The van der Waals surface area contributed by atoms with Gasteiger partial charge in [-0.05, 0) is 19.3 Å². The minimum atomic E-state index is -0.555. The van der Waals surface area contributed by atoms with Crippen LogP contribution in [0.1, 0.15) is 45.4 Å². The van der Waals surface area contributed by atoms with Crippen molar-refractivity contribution >= 4 is 5.91 Å². The predicted octanol–water partition coefficient (Wildman–Crippen LogP) is 1.53. The van der Waals surface area contributed by atoms with Crippen molar-refractivity contribution in [1.82, 2.24) is 10.3 Å². The monoisotopic (exact) mass is 239 g/mol. The second kappa shape index (κ2) is 4.87. The molecule has 0 aliphatic heterocycles. The summed E-state index contributed by atoms with van der Waals surface area (Å²) in [6, 6.07) is -0.828. The van der Waals surface area contributed by atoms with Gasteiger partial charge in [-0.25, -0.2) is 4.98 Å². The van der Waals surface area contributed by atoms with Gasteiger partial charge in [-0.2, -0.15) is 0 Å². The zero-order valence-electron chi connectivity index (χ0n) is 11.1. The molecule has 0 aliphatic rings. The number of amides is 1. The summed E-state index contributed by atoms with van der Waals surface area (Å²) in [4.78, 5) is 15.9. The first-order chi connectivity index (χ1) is 7.71. The third-order valence-corrected chi connectivity index (χ3v) is 2.58. The number of hydrogen-bond donors (Lipinski definition) is 2. The second-order valence-electron chi connectivity index (χ2n) is 5.38. The SMILES string of the molecule is Cc1cnc(C(C)NC(=O)C(N)C(C)(C)C)o1. The topological polar surface area (TPSA) is 81.2 Å². The number of nitrogens with two attached hydrogens (primary N) is 1. The summed E-state index contributed by atoms with van der Waals surface area (Å²) in [6.45, 7) is 9.41. The molecule has 0 bridgehead atoms. The maximum Gasteiger partial charge on any atom is 0.238 e. The summed E-state index contributed by atoms with van der Waals surface area (Å²) in [6.07, 6.45) is 1.63. The third-order valence-electron chi connectivity index (χ3n) is 2.58. The van der Waals surface area contributed by atoms with Crippen molar-refractivity contribution in [2.24, 2.45) is 11.1 Å². The highest BCUT2D eigenvalue weighted by Gasteiger charge is 2.28. The fourth-order valence-corrected chi connectivity index (χ4v) is 1.33. The summed E-state index contributed by atoms with van der Waals surface area (Å²) >= 11 is 0. The van der Waals surface area contributed by atoms with E-state index in [-0.39, 0.29) is 17.4 Å². The standard InChI is InChI=1S/C12H21N3O2/c1-7-6-14-11(17-7)8(2)15-10(16)9(13)12(3,4)5/h6,8-9H,13H2,1-5H3,(H,15,16). The lowest BCUT2D eigenvalue weighted by Gasteiger charge is -2.26. The molecule has 0 aromatic carbocycles. The van der Waals surface area contributed by atoms with Crippen LogP contribution in [0.25, 0.3) is 0 Å². The van der Waals surface area contributed by atoms with E-state index in [0.29, 0.717) is 5.89 Å². The van der Waals surface area contributed by atoms with E-state index in [2.05, 4.69) is 10.3 Å². The van der Waals surface area contributed by atoms with Crippen molar-refractivity contribution in [2.75, 3.05) is 0 Å². The minimum Gasteiger partial charge on any atom is -0.444 e. The first-order valence-corrected chi connectivity index (χ1v) is 5.70. The van der Waals surface area contributed by atoms with Gasteiger partial charge in [0, 0.05) is 0 Å². The van der Waals surface area contributed by atoms with Crippen molar-refractivity contribution in [3.05, 3.63) is 17.8 Å². The van der Waals surface area contributed by atoms with Crippen molar-refractivity contribution in [2.45, 2.75) is 46.7 Å². The Kier molecular flexibility index (Phi) is 3.93. The van der Waals surface area contributed by atoms with Crippen LogP contribution in [0.5, 0.6) is 0 Å². The molecule has 1 aromatic heterocycles. The molecule has 3 N–H and O–H groups in total. The van der Waals surface area contributed by atoms with E-state index >= 15 is 0 Å². The highest BCUT2D eigenvalue weighted by Crippen LogP contribution is 2.19. The lowest BCUT2D eigenvalue weighted by molar-refractivity contribution is -0.125. The Hall–Kier alpha value is -1.36. The molecule has 0 fully saturated rings. The normalized spacial score (nSPS) is 15.4. The predicted molar refractivity (Wildman–Crippen MR) is 65.2 cm³/mol. The van der Waals surface area contributed by atoms with Crippen molar-refractivity contribution < 1.29 is 9.21 Å². The van der Waals surface area contributed by atoms with Crippen LogP contribution in [0, 0.1) is 12.3 Å². The molecule has 1 heterocycles. The summed E-state index contributed by atoms with van der Waals surface area (Å²) in [5, 5.41) is 2.80. The second-order valence-corrected chi connectivity index (χ2v) is 5.38. The largest absolute Gasteiger partial charge is 0.444 e. The van der Waals surface area contributed by atoms with Gasteiger partial charge >= 0.3 is 0 Å². The smallest absolute Gasteiger partial charge is 0.238 e. The van der Waals surface area contributed by atoms with Crippen molar-refractivity contribution in [3.8, 4) is 0 Å². The molecule has 2 unspecified atom stereocenters. The number of hydrogen-bond acceptors (Lipinski definition) is 4. The summed E-state index contributed by atoms with van der Waals surface area (Å²) < 4.78 is 5.34. The van der Waals surface area contributed by atoms with E-state index in [0.717, 1.165) is 5.76 Å². The molecule has 1 amide bonds. The molecule has 96 valence electrons. The number of carbonyl (C=O) groups is 1. The van der Waals surface area contributed by atoms with Crippen molar-refractivity contribution in [1.29, 1.82) is 0 Å². The van der Waals surface area contributed by atoms with Gasteiger partial charge in [0.25, 0.3) is 0 Å². The summed E-state index contributed by atoms with van der Waals surface area (Å²) in [5.41, 5.74) is 5.60. The number of aryl methyl sites for hydroxylation is 1. The maximum atomic E-state index is 11.9. The fourth-order valence-electron chi connectivity index (χ4n) is 1.33. The van der Waals surface area contributed by atoms with Crippen LogP contribution in [-0.2, 0) is 4.79 Å². The molecule has 0 saturated carbocycles. The Morgan fingerprint density at radius 2 is 2.12 bits per heavy atom. The van der Waals surface area contributed by atoms with Crippen LogP contribution in [0.4, 0.5) is 0 Å². The number of aromatic nitrogens is 1. The Balaban J connectivity index is 2.63. The Morgan fingerprint density at radius 1 is 1.53 bits per heavy atom. The number of oxazole rings is 1. The van der Waals surface area contributed by atoms with E-state index in [4.69, 9.17) is 10.2 Å². The van der Waals surface area contributed by atoms with E-state index in [1.807, 2.05) is 34.6 Å².